The molecule has 0 aliphatic carbocycles. The molecule has 6 nitrogen and oxygen atoms in total. The van der Waals surface area contributed by atoms with Crippen molar-refractivity contribution in [2.24, 2.45) is 0 Å². The summed E-state index contributed by atoms with van der Waals surface area (Å²) in [4.78, 5) is 11.8. The van der Waals surface area contributed by atoms with Gasteiger partial charge in [0.15, 0.2) is 11.5 Å². The van der Waals surface area contributed by atoms with Crippen LogP contribution in [0.2, 0.25) is 0 Å². The lowest BCUT2D eigenvalue weighted by molar-refractivity contribution is -0.139. The van der Waals surface area contributed by atoms with E-state index in [4.69, 9.17) is 24.2 Å². The van der Waals surface area contributed by atoms with Crippen molar-refractivity contribution < 1.29 is 23.7 Å². The summed E-state index contributed by atoms with van der Waals surface area (Å²) in [6, 6.07) is 6.98. The molecular formula is C15H17NO5. The molecule has 0 spiro atoms. The molecule has 1 aromatic rings. The van der Waals surface area contributed by atoms with E-state index in [-0.39, 0.29) is 18.8 Å². The fourth-order valence-corrected chi connectivity index (χ4v) is 1.61. The van der Waals surface area contributed by atoms with E-state index in [2.05, 4.69) is 0 Å². The Labute approximate surface area is 123 Å². The Hall–Kier alpha value is -2.52. The predicted octanol–water partition coefficient (Wildman–Crippen LogP) is 1.80. The summed E-state index contributed by atoms with van der Waals surface area (Å²) in [5.41, 5.74) is 0.426. The largest absolute Gasteiger partial charge is 0.493 e. The fraction of sp³-hybridized carbons (Fsp3) is 0.333. The minimum atomic E-state index is -0.709. The standard InChI is InChI=1S/C15H17NO5/c1-18-7-8-21-15(17)12(10-16)9-11-5-4-6-13(19-2)14(11)20-3/h4-6,9H,7-8H2,1-3H3/b12-9+. The van der Waals surface area contributed by atoms with E-state index in [0.29, 0.717) is 17.1 Å². The third kappa shape index (κ3) is 4.51. The van der Waals surface area contributed by atoms with Gasteiger partial charge in [-0.15, -0.1) is 0 Å². The Morgan fingerprint density at radius 1 is 1.24 bits per heavy atom. The van der Waals surface area contributed by atoms with Crippen LogP contribution in [0.5, 0.6) is 11.5 Å². The number of rotatable bonds is 7. The average Bonchev–Trinajstić information content (AvgIpc) is 2.52. The highest BCUT2D eigenvalue weighted by molar-refractivity contribution is 5.98. The second kappa shape index (κ2) is 8.61. The number of esters is 1. The molecule has 112 valence electrons. The minimum absolute atomic E-state index is 0.0869. The maximum atomic E-state index is 11.8. The SMILES string of the molecule is COCCOC(=O)/C(C#N)=C/c1cccc(OC)c1OC. The van der Waals surface area contributed by atoms with E-state index in [0.717, 1.165) is 0 Å². The molecule has 0 heterocycles. The van der Waals surface area contributed by atoms with Gasteiger partial charge in [0.05, 0.1) is 20.8 Å². The molecule has 0 aromatic heterocycles. The van der Waals surface area contributed by atoms with Crippen LogP contribution < -0.4 is 9.47 Å². The van der Waals surface area contributed by atoms with Gasteiger partial charge >= 0.3 is 5.97 Å². The number of carbonyl (C=O) groups is 1. The molecule has 1 rings (SSSR count). The average molecular weight is 291 g/mol. The van der Waals surface area contributed by atoms with Crippen LogP contribution in [0.4, 0.5) is 0 Å². The Kier molecular flexibility index (Phi) is 6.78. The number of benzene rings is 1. The van der Waals surface area contributed by atoms with E-state index in [1.807, 2.05) is 6.07 Å². The van der Waals surface area contributed by atoms with Gasteiger partial charge in [-0.2, -0.15) is 5.26 Å². The van der Waals surface area contributed by atoms with Crippen LogP contribution in [0, 0.1) is 11.3 Å². The molecular weight excluding hydrogens is 274 g/mol. The first-order valence-corrected chi connectivity index (χ1v) is 6.16. The zero-order chi connectivity index (χ0) is 15.7. The molecule has 0 radical (unpaired) electrons. The highest BCUT2D eigenvalue weighted by atomic mass is 16.6. The number of ether oxygens (including phenoxy) is 4. The van der Waals surface area contributed by atoms with Gasteiger partial charge in [0.2, 0.25) is 0 Å². The van der Waals surface area contributed by atoms with Crippen molar-refractivity contribution in [2.45, 2.75) is 0 Å². The summed E-state index contributed by atoms with van der Waals surface area (Å²) in [7, 11) is 4.49. The number of hydrogen-bond donors (Lipinski definition) is 0. The van der Waals surface area contributed by atoms with Gasteiger partial charge in [-0.3, -0.25) is 0 Å². The second-order valence-corrected chi connectivity index (χ2v) is 3.88. The zero-order valence-electron chi connectivity index (χ0n) is 12.2. The normalized spacial score (nSPS) is 10.7. The van der Waals surface area contributed by atoms with Crippen molar-refractivity contribution in [3.05, 3.63) is 29.3 Å². The first-order valence-electron chi connectivity index (χ1n) is 6.16. The summed E-state index contributed by atoms with van der Waals surface area (Å²) >= 11 is 0. The summed E-state index contributed by atoms with van der Waals surface area (Å²) in [5.74, 6) is 0.244. The molecule has 0 saturated carbocycles. The van der Waals surface area contributed by atoms with Crippen LogP contribution in [0.25, 0.3) is 6.08 Å². The number of hydrogen-bond acceptors (Lipinski definition) is 6. The molecule has 21 heavy (non-hydrogen) atoms. The van der Waals surface area contributed by atoms with Crippen LogP contribution in [0.1, 0.15) is 5.56 Å². The van der Waals surface area contributed by atoms with Gasteiger partial charge < -0.3 is 18.9 Å². The first kappa shape index (κ1) is 16.5. The molecule has 1 aromatic carbocycles. The van der Waals surface area contributed by atoms with Gasteiger partial charge in [-0.1, -0.05) is 12.1 Å². The van der Waals surface area contributed by atoms with Crippen molar-refractivity contribution in [3.63, 3.8) is 0 Å². The van der Waals surface area contributed by atoms with E-state index in [9.17, 15) is 4.79 Å². The molecule has 0 aliphatic rings. The topological polar surface area (TPSA) is 77.8 Å². The van der Waals surface area contributed by atoms with Crippen molar-refractivity contribution in [3.8, 4) is 17.6 Å². The van der Waals surface area contributed by atoms with Crippen LogP contribution in [0.3, 0.4) is 0 Å². The zero-order valence-corrected chi connectivity index (χ0v) is 12.2. The van der Waals surface area contributed by atoms with E-state index < -0.39 is 5.97 Å². The molecule has 0 saturated heterocycles. The lowest BCUT2D eigenvalue weighted by atomic mass is 10.1. The minimum Gasteiger partial charge on any atom is -0.493 e. The quantitative estimate of drug-likeness (QED) is 0.330. The summed E-state index contributed by atoms with van der Waals surface area (Å²) in [6.07, 6.45) is 1.40. The lowest BCUT2D eigenvalue weighted by Crippen LogP contribution is -2.11. The van der Waals surface area contributed by atoms with Crippen molar-refractivity contribution in [2.75, 3.05) is 34.5 Å². The molecule has 0 unspecified atom stereocenters. The van der Waals surface area contributed by atoms with E-state index in [1.165, 1.54) is 27.4 Å². The van der Waals surface area contributed by atoms with Crippen LogP contribution >= 0.6 is 0 Å². The monoisotopic (exact) mass is 291 g/mol. The van der Waals surface area contributed by atoms with Crippen LogP contribution in [-0.4, -0.2) is 40.5 Å². The van der Waals surface area contributed by atoms with E-state index >= 15 is 0 Å². The Balaban J connectivity index is 3.03. The molecule has 0 amide bonds. The van der Waals surface area contributed by atoms with Gasteiger partial charge in [-0.25, -0.2) is 4.79 Å². The predicted molar refractivity (Wildman–Crippen MR) is 76.0 cm³/mol. The fourth-order valence-electron chi connectivity index (χ4n) is 1.61. The highest BCUT2D eigenvalue weighted by Crippen LogP contribution is 2.32. The van der Waals surface area contributed by atoms with Gasteiger partial charge in [-0.05, 0) is 12.1 Å². The number of carbonyl (C=O) groups excluding carboxylic acids is 1. The molecule has 0 N–H and O–H groups in total. The van der Waals surface area contributed by atoms with E-state index in [1.54, 1.807) is 18.2 Å². The Morgan fingerprint density at radius 2 is 2.00 bits per heavy atom. The number of para-hydroxylation sites is 1. The van der Waals surface area contributed by atoms with Crippen molar-refractivity contribution in [1.82, 2.24) is 0 Å². The highest BCUT2D eigenvalue weighted by Gasteiger charge is 2.14. The molecule has 6 heteroatoms. The lowest BCUT2D eigenvalue weighted by Gasteiger charge is -2.10. The molecule has 0 aliphatic heterocycles. The van der Waals surface area contributed by atoms with Crippen LogP contribution in [-0.2, 0) is 14.3 Å². The number of nitrogens with zero attached hydrogens (tertiary/aromatic N) is 1. The van der Waals surface area contributed by atoms with Crippen LogP contribution in [0.15, 0.2) is 23.8 Å². The van der Waals surface area contributed by atoms with Gasteiger partial charge in [0.1, 0.15) is 18.2 Å². The third-order valence-corrected chi connectivity index (χ3v) is 2.59. The van der Waals surface area contributed by atoms with Gasteiger partial charge in [0.25, 0.3) is 0 Å². The number of nitriles is 1. The number of methoxy groups -OCH3 is 3. The van der Waals surface area contributed by atoms with Gasteiger partial charge in [0, 0.05) is 12.7 Å². The molecule has 0 bridgehead atoms. The smallest absolute Gasteiger partial charge is 0.348 e. The summed E-state index contributed by atoms with van der Waals surface area (Å²) in [6.45, 7) is 0.358. The maximum absolute atomic E-state index is 11.8. The maximum Gasteiger partial charge on any atom is 0.348 e. The first-order chi connectivity index (χ1) is 10.2. The summed E-state index contributed by atoms with van der Waals surface area (Å²) in [5, 5.41) is 9.08. The molecule has 0 atom stereocenters. The molecule has 0 fully saturated rings. The second-order valence-electron chi connectivity index (χ2n) is 3.88. The summed E-state index contributed by atoms with van der Waals surface area (Å²) < 4.78 is 20.1. The third-order valence-electron chi connectivity index (χ3n) is 2.59. The Morgan fingerprint density at radius 3 is 2.57 bits per heavy atom. The van der Waals surface area contributed by atoms with Crippen molar-refractivity contribution in [1.29, 1.82) is 5.26 Å². The van der Waals surface area contributed by atoms with Crippen molar-refractivity contribution >= 4 is 12.0 Å². The Bertz CT molecular complexity index is 560.